The molecule has 0 aromatic carbocycles. The topological polar surface area (TPSA) is 72.5 Å². The Morgan fingerprint density at radius 1 is 1.40 bits per heavy atom. The molecule has 1 amide bonds. The van der Waals surface area contributed by atoms with Crippen LogP contribution in [0.15, 0.2) is 0 Å². The molecule has 6 heteroatoms. The number of cyclic esters (lactones) is 1. The second kappa shape index (κ2) is 4.00. The number of nitrogens with one attached hydrogen (secondary N) is 1. The molecule has 2 heterocycles. The molecule has 2 fully saturated rings. The molecule has 0 aliphatic carbocycles. The second-order valence-electron chi connectivity index (χ2n) is 4.13. The molecule has 2 saturated heterocycles. The smallest absolute Gasteiger partial charge is 0.407 e. The van der Waals surface area contributed by atoms with Gasteiger partial charge in [-0.2, -0.15) is 0 Å². The Labute approximate surface area is 89.1 Å². The van der Waals surface area contributed by atoms with Crippen LogP contribution in [0.3, 0.4) is 0 Å². The van der Waals surface area contributed by atoms with Crippen LogP contribution in [0.2, 0.25) is 0 Å². The van der Waals surface area contributed by atoms with Gasteiger partial charge >= 0.3 is 6.09 Å². The lowest BCUT2D eigenvalue weighted by Gasteiger charge is -2.23. The minimum absolute atomic E-state index is 0.268. The van der Waals surface area contributed by atoms with Crippen LogP contribution in [0.1, 0.15) is 25.7 Å². The van der Waals surface area contributed by atoms with Crippen molar-refractivity contribution in [3.05, 3.63) is 0 Å². The molecule has 0 aromatic rings. The summed E-state index contributed by atoms with van der Waals surface area (Å²) in [6.07, 6.45) is 2.17. The molecule has 0 radical (unpaired) electrons. The number of rotatable bonds is 2. The van der Waals surface area contributed by atoms with E-state index in [-0.39, 0.29) is 17.1 Å². The zero-order valence-electron chi connectivity index (χ0n) is 8.44. The lowest BCUT2D eigenvalue weighted by atomic mass is 10.1. The molecule has 2 aliphatic rings. The standard InChI is InChI=1S/C9H15NO4S/c11-9-10-6-7(14-9)5-8-3-1-2-4-15(8,12)13/h7-8H,1-6H2,(H,10,11). The van der Waals surface area contributed by atoms with Crippen molar-refractivity contribution in [1.29, 1.82) is 0 Å². The van der Waals surface area contributed by atoms with E-state index < -0.39 is 15.9 Å². The first kappa shape index (κ1) is 10.7. The number of sulfone groups is 1. The van der Waals surface area contributed by atoms with Crippen LogP contribution < -0.4 is 5.32 Å². The molecule has 1 N–H and O–H groups in total. The van der Waals surface area contributed by atoms with E-state index in [2.05, 4.69) is 5.32 Å². The van der Waals surface area contributed by atoms with Crippen molar-refractivity contribution in [2.24, 2.45) is 0 Å². The fraction of sp³-hybridized carbons (Fsp3) is 0.889. The van der Waals surface area contributed by atoms with Crippen molar-refractivity contribution in [2.75, 3.05) is 12.3 Å². The molecule has 5 nitrogen and oxygen atoms in total. The first-order chi connectivity index (χ1) is 7.08. The van der Waals surface area contributed by atoms with Gasteiger partial charge < -0.3 is 10.1 Å². The summed E-state index contributed by atoms with van der Waals surface area (Å²) >= 11 is 0. The number of hydrogen-bond donors (Lipinski definition) is 1. The number of ether oxygens (including phenoxy) is 1. The highest BCUT2D eigenvalue weighted by atomic mass is 32.2. The Hall–Kier alpha value is -0.780. The fourth-order valence-corrected chi connectivity index (χ4v) is 4.12. The molecule has 2 rings (SSSR count). The molecule has 86 valence electrons. The molecule has 0 spiro atoms. The van der Waals surface area contributed by atoms with E-state index in [0.29, 0.717) is 19.4 Å². The van der Waals surface area contributed by atoms with Crippen molar-refractivity contribution < 1.29 is 17.9 Å². The maximum atomic E-state index is 11.7. The van der Waals surface area contributed by atoms with E-state index in [1.165, 1.54) is 0 Å². The van der Waals surface area contributed by atoms with E-state index in [9.17, 15) is 13.2 Å². The third-order valence-corrected chi connectivity index (χ3v) is 5.29. The van der Waals surface area contributed by atoms with Crippen LogP contribution >= 0.6 is 0 Å². The van der Waals surface area contributed by atoms with Gasteiger partial charge in [0.25, 0.3) is 0 Å². The molecular formula is C9H15NO4S. The van der Waals surface area contributed by atoms with Crippen molar-refractivity contribution >= 4 is 15.9 Å². The molecule has 2 unspecified atom stereocenters. The summed E-state index contributed by atoms with van der Waals surface area (Å²) in [6.45, 7) is 0.435. The largest absolute Gasteiger partial charge is 0.444 e. The van der Waals surface area contributed by atoms with Crippen molar-refractivity contribution in [3.8, 4) is 0 Å². The Kier molecular flexibility index (Phi) is 2.86. The van der Waals surface area contributed by atoms with Gasteiger partial charge in [0.05, 0.1) is 17.5 Å². The number of alkyl carbamates (subject to hydrolysis) is 1. The monoisotopic (exact) mass is 233 g/mol. The quantitative estimate of drug-likeness (QED) is 0.751. The number of hydrogen-bond acceptors (Lipinski definition) is 4. The maximum Gasteiger partial charge on any atom is 0.407 e. The van der Waals surface area contributed by atoms with Gasteiger partial charge in [-0.3, -0.25) is 0 Å². The average molecular weight is 233 g/mol. The summed E-state index contributed by atoms with van der Waals surface area (Å²) < 4.78 is 28.3. The number of carbonyl (C=O) groups excluding carboxylic acids is 1. The summed E-state index contributed by atoms with van der Waals surface area (Å²) in [5.41, 5.74) is 0. The maximum absolute atomic E-state index is 11.7. The predicted molar refractivity (Wildman–Crippen MR) is 54.3 cm³/mol. The van der Waals surface area contributed by atoms with Gasteiger partial charge in [0.1, 0.15) is 6.10 Å². The molecule has 2 aliphatic heterocycles. The van der Waals surface area contributed by atoms with E-state index in [4.69, 9.17) is 4.74 Å². The first-order valence-corrected chi connectivity index (χ1v) is 6.95. The van der Waals surface area contributed by atoms with Gasteiger partial charge in [0, 0.05) is 6.42 Å². The van der Waals surface area contributed by atoms with Crippen molar-refractivity contribution in [3.63, 3.8) is 0 Å². The summed E-state index contributed by atoms with van der Waals surface area (Å²) in [5, 5.41) is 2.21. The lowest BCUT2D eigenvalue weighted by Crippen LogP contribution is -2.32. The predicted octanol–water partition coefficient (Wildman–Crippen LogP) is 0.452. The van der Waals surface area contributed by atoms with Gasteiger partial charge in [-0.15, -0.1) is 0 Å². The Bertz CT molecular complexity index is 351. The van der Waals surface area contributed by atoms with E-state index >= 15 is 0 Å². The summed E-state index contributed by atoms with van der Waals surface area (Å²) in [5.74, 6) is 0.283. The van der Waals surface area contributed by atoms with E-state index in [1.54, 1.807) is 0 Å². The van der Waals surface area contributed by atoms with Crippen LogP contribution in [0, 0.1) is 0 Å². The highest BCUT2D eigenvalue weighted by molar-refractivity contribution is 7.92. The summed E-state index contributed by atoms with van der Waals surface area (Å²) in [6, 6.07) is 0. The normalized spacial score (nSPS) is 34.5. The van der Waals surface area contributed by atoms with Crippen LogP contribution in [-0.4, -0.2) is 38.2 Å². The first-order valence-electron chi connectivity index (χ1n) is 5.24. The highest BCUT2D eigenvalue weighted by Crippen LogP contribution is 2.24. The lowest BCUT2D eigenvalue weighted by molar-refractivity contribution is 0.134. The Morgan fingerprint density at radius 3 is 2.80 bits per heavy atom. The zero-order valence-corrected chi connectivity index (χ0v) is 9.26. The minimum Gasteiger partial charge on any atom is -0.444 e. The third kappa shape index (κ3) is 2.42. The van der Waals surface area contributed by atoms with E-state index in [1.807, 2.05) is 0 Å². The molecule has 0 aromatic heterocycles. The van der Waals surface area contributed by atoms with Gasteiger partial charge in [0.2, 0.25) is 0 Å². The summed E-state index contributed by atoms with van der Waals surface area (Å²) in [4.78, 5) is 10.8. The van der Waals surface area contributed by atoms with Gasteiger partial charge in [-0.25, -0.2) is 13.2 Å². The van der Waals surface area contributed by atoms with Gasteiger partial charge in [-0.1, -0.05) is 6.42 Å². The third-order valence-electron chi connectivity index (χ3n) is 2.99. The van der Waals surface area contributed by atoms with E-state index in [0.717, 1.165) is 12.8 Å². The highest BCUT2D eigenvalue weighted by Gasteiger charge is 2.34. The van der Waals surface area contributed by atoms with Crippen molar-refractivity contribution in [2.45, 2.75) is 37.0 Å². The molecule has 0 bridgehead atoms. The molecule has 2 atom stereocenters. The Morgan fingerprint density at radius 2 is 2.20 bits per heavy atom. The summed E-state index contributed by atoms with van der Waals surface area (Å²) in [7, 11) is -2.95. The van der Waals surface area contributed by atoms with Crippen LogP contribution in [0.5, 0.6) is 0 Å². The number of amides is 1. The fourth-order valence-electron chi connectivity index (χ4n) is 2.14. The van der Waals surface area contributed by atoms with Gasteiger partial charge in [0.15, 0.2) is 9.84 Å². The van der Waals surface area contributed by atoms with Crippen LogP contribution in [-0.2, 0) is 14.6 Å². The van der Waals surface area contributed by atoms with Gasteiger partial charge in [-0.05, 0) is 12.8 Å². The molecule has 15 heavy (non-hydrogen) atoms. The zero-order chi connectivity index (χ0) is 10.9. The number of carbonyl (C=O) groups is 1. The molecule has 0 saturated carbocycles. The SMILES string of the molecule is O=C1NCC(CC2CCCCS2(=O)=O)O1. The second-order valence-corrected chi connectivity index (χ2v) is 6.53. The molecular weight excluding hydrogens is 218 g/mol. The van der Waals surface area contributed by atoms with Crippen LogP contribution in [0.25, 0.3) is 0 Å². The minimum atomic E-state index is -2.95. The van der Waals surface area contributed by atoms with Crippen LogP contribution in [0.4, 0.5) is 4.79 Å². The Balaban J connectivity index is 1.96. The average Bonchev–Trinajstić information content (AvgIpc) is 2.55. The van der Waals surface area contributed by atoms with Crippen molar-refractivity contribution in [1.82, 2.24) is 5.32 Å².